The predicted molar refractivity (Wildman–Crippen MR) is 140 cm³/mol. The van der Waals surface area contributed by atoms with Crippen molar-refractivity contribution in [2.24, 2.45) is 0 Å². The smallest absolute Gasteiger partial charge is 0.163 e. The highest BCUT2D eigenvalue weighted by Gasteiger charge is 2.22. The molecule has 1 fully saturated rings. The van der Waals surface area contributed by atoms with Crippen LogP contribution in [0.15, 0.2) is 22.7 Å². The monoisotopic (exact) mass is 515 g/mol. The van der Waals surface area contributed by atoms with Crippen LogP contribution in [0.3, 0.4) is 0 Å². The van der Waals surface area contributed by atoms with Crippen LogP contribution >= 0.6 is 11.6 Å². The van der Waals surface area contributed by atoms with Crippen molar-refractivity contribution in [3.05, 3.63) is 40.2 Å². The number of rotatable bonds is 10. The predicted octanol–water partition coefficient (Wildman–Crippen LogP) is 4.32. The van der Waals surface area contributed by atoms with Crippen molar-refractivity contribution >= 4 is 17.4 Å². The Morgan fingerprint density at radius 2 is 2.06 bits per heavy atom. The first kappa shape index (κ1) is 26.3. The van der Waals surface area contributed by atoms with Crippen molar-refractivity contribution in [2.75, 3.05) is 38.7 Å². The molecule has 0 spiro atoms. The van der Waals surface area contributed by atoms with E-state index < -0.39 is 6.10 Å². The molecule has 0 bridgehead atoms. The summed E-state index contributed by atoms with van der Waals surface area (Å²) < 4.78 is 17.1. The number of hydrogen-bond acceptors (Lipinski definition) is 9. The van der Waals surface area contributed by atoms with Gasteiger partial charge in [-0.25, -0.2) is 9.97 Å². The normalized spacial score (nSPS) is 16.7. The Bertz CT molecular complexity index is 1160. The highest BCUT2D eigenvalue weighted by atomic mass is 35.5. The zero-order valence-corrected chi connectivity index (χ0v) is 22.0. The molecular weight excluding hydrogens is 482 g/mol. The molecule has 1 aromatic carbocycles. The second-order valence-electron chi connectivity index (χ2n) is 9.10. The van der Waals surface area contributed by atoms with Crippen LogP contribution in [0.2, 0.25) is 5.02 Å². The first-order chi connectivity index (χ1) is 17.4. The molecule has 10 heteroatoms. The number of aliphatic hydroxyl groups is 1. The van der Waals surface area contributed by atoms with Gasteiger partial charge in [-0.15, -0.1) is 0 Å². The van der Waals surface area contributed by atoms with Crippen LogP contribution in [0.25, 0.3) is 22.6 Å². The van der Waals surface area contributed by atoms with Gasteiger partial charge in [-0.05, 0) is 65.3 Å². The highest BCUT2D eigenvalue weighted by molar-refractivity contribution is 6.33. The van der Waals surface area contributed by atoms with E-state index in [2.05, 4.69) is 15.8 Å². The molecule has 2 unspecified atom stereocenters. The summed E-state index contributed by atoms with van der Waals surface area (Å²) >= 11 is 6.61. The Morgan fingerprint density at radius 1 is 1.22 bits per heavy atom. The third-order valence-corrected chi connectivity index (χ3v) is 6.58. The van der Waals surface area contributed by atoms with E-state index in [9.17, 15) is 5.11 Å². The van der Waals surface area contributed by atoms with Gasteiger partial charge in [0.1, 0.15) is 30.0 Å². The molecule has 3 heterocycles. The Hall–Kier alpha value is -2.72. The van der Waals surface area contributed by atoms with Gasteiger partial charge in [0, 0.05) is 30.8 Å². The maximum absolute atomic E-state index is 10.0. The molecular formula is C26H34ClN5O4. The van der Waals surface area contributed by atoms with E-state index in [-0.39, 0.29) is 12.7 Å². The third kappa shape index (κ3) is 6.15. The maximum Gasteiger partial charge on any atom is 0.163 e. The van der Waals surface area contributed by atoms with Crippen LogP contribution < -0.4 is 15.4 Å². The number of anilines is 1. The Kier molecular flexibility index (Phi) is 8.79. The topological polar surface area (TPSA) is 115 Å². The quantitative estimate of drug-likeness (QED) is 0.363. The number of halogens is 1. The molecule has 0 saturated carbocycles. The molecule has 0 radical (unpaired) electrons. The van der Waals surface area contributed by atoms with E-state index in [4.69, 9.17) is 35.6 Å². The van der Waals surface area contributed by atoms with E-state index in [1.165, 1.54) is 0 Å². The molecule has 1 aliphatic heterocycles. The molecule has 4 rings (SSSR count). The van der Waals surface area contributed by atoms with Crippen LogP contribution in [-0.4, -0.2) is 65.8 Å². The Labute approximate surface area is 216 Å². The van der Waals surface area contributed by atoms with Crippen molar-refractivity contribution in [2.45, 2.75) is 52.2 Å². The number of aromatic nitrogens is 3. The summed E-state index contributed by atoms with van der Waals surface area (Å²) in [6.45, 7) is 7.77. The number of likely N-dealkylation sites (N-methyl/N-ethyl adjacent to an activating group) is 1. The van der Waals surface area contributed by atoms with Crippen LogP contribution in [0, 0.1) is 20.8 Å². The van der Waals surface area contributed by atoms with Crippen LogP contribution in [0.1, 0.15) is 36.3 Å². The largest absolute Gasteiger partial charge is 0.491 e. The summed E-state index contributed by atoms with van der Waals surface area (Å²) in [4.78, 5) is 9.76. The van der Waals surface area contributed by atoms with Crippen molar-refractivity contribution in [1.29, 1.82) is 0 Å². The molecule has 2 aromatic heterocycles. The standard InChI is InChI=1S/C26H34ClN5O4/c1-15-24(23-16(2)32-36-17(23)3)30-26(31-25(15)29-13-20-7-5-6-10-34-20)21-11-19(8-9-22(21)27)35-14-18(33)12-28-4/h8-9,11,18,20,28,33H,5-7,10,12-14H2,1-4H3,(H,29,30,31). The van der Waals surface area contributed by atoms with Gasteiger partial charge in [-0.3, -0.25) is 0 Å². The number of nitrogens with one attached hydrogen (secondary N) is 2. The molecule has 1 saturated heterocycles. The number of ether oxygens (including phenoxy) is 2. The minimum atomic E-state index is -0.631. The lowest BCUT2D eigenvalue weighted by Crippen LogP contribution is -2.29. The molecule has 2 atom stereocenters. The number of aliphatic hydroxyl groups excluding tert-OH is 1. The zero-order valence-electron chi connectivity index (χ0n) is 21.2. The van der Waals surface area contributed by atoms with Gasteiger partial charge in [-0.1, -0.05) is 16.8 Å². The van der Waals surface area contributed by atoms with Crippen molar-refractivity contribution in [3.63, 3.8) is 0 Å². The van der Waals surface area contributed by atoms with Gasteiger partial charge in [-0.2, -0.15) is 0 Å². The van der Waals surface area contributed by atoms with Gasteiger partial charge >= 0.3 is 0 Å². The number of nitrogens with zero attached hydrogens (tertiary/aromatic N) is 3. The summed E-state index contributed by atoms with van der Waals surface area (Å²) in [6, 6.07) is 5.31. The van der Waals surface area contributed by atoms with Crippen molar-refractivity contribution in [3.8, 4) is 28.4 Å². The fourth-order valence-electron chi connectivity index (χ4n) is 4.31. The lowest BCUT2D eigenvalue weighted by molar-refractivity contribution is 0.0247. The van der Waals surface area contributed by atoms with Gasteiger partial charge in [0.25, 0.3) is 0 Å². The van der Waals surface area contributed by atoms with Gasteiger partial charge in [0.15, 0.2) is 5.82 Å². The SMILES string of the molecule is CNCC(O)COc1ccc(Cl)c(-c2nc(NCC3CCCCO3)c(C)c(-c3c(C)noc3C)n2)c1. The summed E-state index contributed by atoms with van der Waals surface area (Å²) in [7, 11) is 1.78. The Morgan fingerprint density at radius 3 is 2.75 bits per heavy atom. The summed E-state index contributed by atoms with van der Waals surface area (Å²) in [5.41, 5.74) is 3.84. The summed E-state index contributed by atoms with van der Waals surface area (Å²) in [5, 5.41) is 21.0. The second kappa shape index (κ2) is 12.0. The molecule has 194 valence electrons. The number of benzene rings is 1. The molecule has 3 aromatic rings. The first-order valence-electron chi connectivity index (χ1n) is 12.3. The highest BCUT2D eigenvalue weighted by Crippen LogP contribution is 2.36. The van der Waals surface area contributed by atoms with Crippen LogP contribution in [0.5, 0.6) is 5.75 Å². The van der Waals surface area contributed by atoms with Crippen LogP contribution in [0.4, 0.5) is 5.82 Å². The molecule has 36 heavy (non-hydrogen) atoms. The molecule has 0 amide bonds. The zero-order chi connectivity index (χ0) is 25.7. The second-order valence-corrected chi connectivity index (χ2v) is 9.51. The van der Waals surface area contributed by atoms with Gasteiger partial charge in [0.2, 0.25) is 0 Å². The fourth-order valence-corrected chi connectivity index (χ4v) is 4.51. The van der Waals surface area contributed by atoms with E-state index in [1.807, 2.05) is 20.8 Å². The van der Waals surface area contributed by atoms with Crippen LogP contribution in [-0.2, 0) is 4.74 Å². The lowest BCUT2D eigenvalue weighted by atomic mass is 10.0. The molecule has 0 aliphatic carbocycles. The minimum Gasteiger partial charge on any atom is -0.491 e. The van der Waals surface area contributed by atoms with E-state index in [0.717, 1.165) is 48.4 Å². The van der Waals surface area contributed by atoms with E-state index >= 15 is 0 Å². The molecule has 3 N–H and O–H groups in total. The third-order valence-electron chi connectivity index (χ3n) is 6.25. The average Bonchev–Trinajstić information content (AvgIpc) is 3.21. The van der Waals surface area contributed by atoms with E-state index in [0.29, 0.717) is 46.8 Å². The van der Waals surface area contributed by atoms with Crippen molar-refractivity contribution in [1.82, 2.24) is 20.4 Å². The van der Waals surface area contributed by atoms with E-state index in [1.54, 1.807) is 25.2 Å². The number of aryl methyl sites for hydroxylation is 2. The summed E-state index contributed by atoms with van der Waals surface area (Å²) in [6.07, 6.45) is 2.80. The molecule has 1 aliphatic rings. The maximum atomic E-state index is 10.0. The lowest BCUT2D eigenvalue weighted by Gasteiger charge is -2.24. The van der Waals surface area contributed by atoms with Crippen molar-refractivity contribution < 1.29 is 19.1 Å². The molecule has 9 nitrogen and oxygen atoms in total. The van der Waals surface area contributed by atoms with Gasteiger partial charge < -0.3 is 29.7 Å². The Balaban J connectivity index is 1.71. The first-order valence-corrected chi connectivity index (χ1v) is 12.7. The number of hydrogen-bond donors (Lipinski definition) is 3. The fraction of sp³-hybridized carbons (Fsp3) is 0.500. The minimum absolute atomic E-state index is 0.142. The average molecular weight is 516 g/mol. The summed E-state index contributed by atoms with van der Waals surface area (Å²) in [5.74, 6) is 2.41. The van der Waals surface area contributed by atoms with Gasteiger partial charge in [0.05, 0.1) is 28.1 Å².